The number of carbonyl (C=O) groups excluding carboxylic acids is 3. The molecule has 4 fully saturated rings. The molecule has 0 aromatic rings. The van der Waals surface area contributed by atoms with Gasteiger partial charge in [0.2, 0.25) is 0 Å². The first-order valence-corrected chi connectivity index (χ1v) is 12.1. The molecule has 5 aliphatic carbocycles. The van der Waals surface area contributed by atoms with Crippen molar-refractivity contribution < 1.29 is 28.6 Å². The van der Waals surface area contributed by atoms with Crippen LogP contribution in [0.25, 0.3) is 0 Å². The average Bonchev–Trinajstić information content (AvgIpc) is 3.69. The molecule has 192 valence electrons. The molecule has 5 aliphatic rings. The molecule has 0 saturated heterocycles. The molecule has 4 saturated carbocycles. The van der Waals surface area contributed by atoms with E-state index in [0.29, 0.717) is 11.8 Å². The highest BCUT2D eigenvalue weighted by atomic mass is 16.5. The van der Waals surface area contributed by atoms with Crippen molar-refractivity contribution in [1.29, 1.82) is 0 Å². The van der Waals surface area contributed by atoms with Crippen LogP contribution in [-0.4, -0.2) is 39.2 Å². The van der Waals surface area contributed by atoms with Gasteiger partial charge in [-0.15, -0.1) is 0 Å². The van der Waals surface area contributed by atoms with E-state index in [0.717, 1.165) is 37.2 Å². The molecule has 0 heterocycles. The van der Waals surface area contributed by atoms with E-state index in [2.05, 4.69) is 35.6 Å². The van der Waals surface area contributed by atoms with E-state index in [9.17, 15) is 14.4 Å². The third-order valence-electron chi connectivity index (χ3n) is 7.51. The van der Waals surface area contributed by atoms with Gasteiger partial charge in [-0.1, -0.05) is 51.2 Å². The largest absolute Gasteiger partial charge is 0.469 e. The molecule has 4 bridgehead atoms. The first-order chi connectivity index (χ1) is 15.9. The standard InChI is InChI=1S/2C9H14O2.C5H6.C4H6O2.CH4/c2*1-11-9(10)8-5-6-2-3-7(8)4-6;1-2-4-5-3-1;1-3-4(5)6-2;/h2*6-8H,2-5H2,1H3;1-4H,5H2;3H,1H2,2H3;1H4. The molecule has 6 atom stereocenters. The van der Waals surface area contributed by atoms with E-state index in [4.69, 9.17) is 9.47 Å². The van der Waals surface area contributed by atoms with E-state index in [1.54, 1.807) is 0 Å². The third-order valence-corrected chi connectivity index (χ3v) is 7.51. The van der Waals surface area contributed by atoms with Gasteiger partial charge in [0.15, 0.2) is 0 Å². The summed E-state index contributed by atoms with van der Waals surface area (Å²) in [5.74, 6) is 3.15. The van der Waals surface area contributed by atoms with Crippen molar-refractivity contribution in [3.8, 4) is 0 Å². The van der Waals surface area contributed by atoms with Crippen LogP contribution in [-0.2, 0) is 28.6 Å². The lowest BCUT2D eigenvalue weighted by Gasteiger charge is -2.18. The molecule has 0 radical (unpaired) electrons. The molecule has 34 heavy (non-hydrogen) atoms. The van der Waals surface area contributed by atoms with Crippen LogP contribution in [0.2, 0.25) is 0 Å². The Hall–Kier alpha value is -2.37. The zero-order valence-electron chi connectivity index (χ0n) is 20.4. The van der Waals surface area contributed by atoms with Crippen LogP contribution < -0.4 is 0 Å². The molecule has 5 rings (SSSR count). The highest BCUT2D eigenvalue weighted by molar-refractivity contribution is 5.80. The van der Waals surface area contributed by atoms with Gasteiger partial charge in [0, 0.05) is 6.08 Å². The van der Waals surface area contributed by atoms with Crippen LogP contribution in [0.1, 0.15) is 65.2 Å². The number of rotatable bonds is 3. The van der Waals surface area contributed by atoms with Crippen molar-refractivity contribution in [3.63, 3.8) is 0 Å². The summed E-state index contributed by atoms with van der Waals surface area (Å²) in [6.07, 6.45) is 20.6. The minimum absolute atomic E-state index is 0. The second kappa shape index (κ2) is 15.5. The Balaban J connectivity index is 0.000000237. The Morgan fingerprint density at radius 1 is 0.735 bits per heavy atom. The number of allylic oxidation sites excluding steroid dienone is 4. The summed E-state index contributed by atoms with van der Waals surface area (Å²) in [7, 11) is 4.30. The number of ether oxygens (including phenoxy) is 3. The summed E-state index contributed by atoms with van der Waals surface area (Å²) in [5, 5.41) is 0. The average molecular weight is 477 g/mol. The van der Waals surface area contributed by atoms with Crippen molar-refractivity contribution >= 4 is 17.9 Å². The Morgan fingerprint density at radius 3 is 1.35 bits per heavy atom. The van der Waals surface area contributed by atoms with Crippen LogP contribution in [0, 0.1) is 35.5 Å². The molecular weight excluding hydrogens is 432 g/mol. The molecule has 0 aromatic heterocycles. The van der Waals surface area contributed by atoms with E-state index in [-0.39, 0.29) is 31.2 Å². The maximum absolute atomic E-state index is 11.2. The van der Waals surface area contributed by atoms with Crippen molar-refractivity contribution in [2.24, 2.45) is 35.5 Å². The summed E-state index contributed by atoms with van der Waals surface area (Å²) in [6, 6.07) is 0. The number of hydrogen-bond donors (Lipinski definition) is 0. The Morgan fingerprint density at radius 2 is 1.18 bits per heavy atom. The number of methoxy groups -OCH3 is 3. The predicted octanol–water partition coefficient (Wildman–Crippen LogP) is 5.68. The number of fused-ring (bicyclic) bond motifs is 4. The highest BCUT2D eigenvalue weighted by Crippen LogP contribution is 2.49. The summed E-state index contributed by atoms with van der Waals surface area (Å²) in [5.41, 5.74) is 0. The van der Waals surface area contributed by atoms with Crippen molar-refractivity contribution in [2.45, 2.75) is 65.2 Å². The first kappa shape index (κ1) is 29.7. The topological polar surface area (TPSA) is 78.9 Å². The van der Waals surface area contributed by atoms with Gasteiger partial charge in [-0.05, 0) is 68.6 Å². The minimum Gasteiger partial charge on any atom is -0.469 e. The summed E-state index contributed by atoms with van der Waals surface area (Å²) in [4.78, 5) is 32.2. The van der Waals surface area contributed by atoms with Crippen molar-refractivity contribution in [2.75, 3.05) is 21.3 Å². The first-order valence-electron chi connectivity index (χ1n) is 12.1. The molecule has 0 N–H and O–H groups in total. The molecule has 0 spiro atoms. The molecule has 0 amide bonds. The van der Waals surface area contributed by atoms with Gasteiger partial charge in [-0.3, -0.25) is 9.59 Å². The van der Waals surface area contributed by atoms with Crippen LogP contribution in [0.15, 0.2) is 37.0 Å². The second-order valence-corrected chi connectivity index (χ2v) is 9.43. The van der Waals surface area contributed by atoms with Gasteiger partial charge in [-0.25, -0.2) is 4.79 Å². The molecular formula is C28H44O6. The molecule has 6 nitrogen and oxygen atoms in total. The van der Waals surface area contributed by atoms with E-state index in [1.807, 2.05) is 0 Å². The van der Waals surface area contributed by atoms with E-state index >= 15 is 0 Å². The van der Waals surface area contributed by atoms with Crippen molar-refractivity contribution in [3.05, 3.63) is 37.0 Å². The van der Waals surface area contributed by atoms with Gasteiger partial charge in [0.05, 0.1) is 33.2 Å². The quantitative estimate of drug-likeness (QED) is 0.296. The zero-order valence-corrected chi connectivity index (χ0v) is 20.4. The van der Waals surface area contributed by atoms with Gasteiger partial charge >= 0.3 is 17.9 Å². The minimum atomic E-state index is -0.394. The molecule has 6 heteroatoms. The van der Waals surface area contributed by atoms with E-state index in [1.165, 1.54) is 59.9 Å². The second-order valence-electron chi connectivity index (χ2n) is 9.43. The number of esters is 3. The van der Waals surface area contributed by atoms with Crippen LogP contribution in [0.5, 0.6) is 0 Å². The number of carbonyl (C=O) groups is 3. The van der Waals surface area contributed by atoms with Crippen LogP contribution >= 0.6 is 0 Å². The smallest absolute Gasteiger partial charge is 0.329 e. The molecule has 0 aromatic carbocycles. The van der Waals surface area contributed by atoms with Gasteiger partial charge in [-0.2, -0.15) is 0 Å². The van der Waals surface area contributed by atoms with Gasteiger partial charge < -0.3 is 14.2 Å². The molecule has 6 unspecified atom stereocenters. The SMILES string of the molecule is C.C1=CCC=C1.C=CC(=O)OC.COC(=O)C1CC2CCC1C2.COC(=O)C1CC2CCC1C2. The maximum Gasteiger partial charge on any atom is 0.329 e. The fourth-order valence-corrected chi connectivity index (χ4v) is 5.85. The Kier molecular flexibility index (Phi) is 13.5. The fourth-order valence-electron chi connectivity index (χ4n) is 5.85. The number of hydrogen-bond acceptors (Lipinski definition) is 6. The summed E-state index contributed by atoms with van der Waals surface area (Å²) in [6.45, 7) is 3.16. The Labute approximate surface area is 205 Å². The lowest BCUT2D eigenvalue weighted by Crippen LogP contribution is -2.21. The fraction of sp³-hybridized carbons (Fsp3) is 0.679. The van der Waals surface area contributed by atoms with Crippen LogP contribution in [0.3, 0.4) is 0 Å². The zero-order chi connectivity index (χ0) is 24.2. The van der Waals surface area contributed by atoms with Crippen molar-refractivity contribution in [1.82, 2.24) is 0 Å². The third kappa shape index (κ3) is 8.77. The lowest BCUT2D eigenvalue weighted by atomic mass is 9.89. The summed E-state index contributed by atoms with van der Waals surface area (Å²) >= 11 is 0. The monoisotopic (exact) mass is 476 g/mol. The van der Waals surface area contributed by atoms with Gasteiger partial charge in [0.25, 0.3) is 0 Å². The summed E-state index contributed by atoms with van der Waals surface area (Å²) < 4.78 is 13.6. The van der Waals surface area contributed by atoms with Crippen LogP contribution in [0.4, 0.5) is 0 Å². The lowest BCUT2D eigenvalue weighted by molar-refractivity contribution is -0.148. The van der Waals surface area contributed by atoms with E-state index < -0.39 is 5.97 Å². The molecule has 0 aliphatic heterocycles. The Bertz CT molecular complexity index is 674. The highest BCUT2D eigenvalue weighted by Gasteiger charge is 2.44. The normalized spacial score (nSPS) is 30.3. The maximum atomic E-state index is 11.2. The predicted molar refractivity (Wildman–Crippen MR) is 134 cm³/mol. The van der Waals surface area contributed by atoms with Gasteiger partial charge in [0.1, 0.15) is 0 Å².